The lowest BCUT2D eigenvalue weighted by Gasteiger charge is -2.35. The number of rotatable bonds is 6. The van der Waals surface area contributed by atoms with E-state index in [4.69, 9.17) is 9.26 Å². The van der Waals surface area contributed by atoms with Crippen LogP contribution < -0.4 is 4.74 Å². The van der Waals surface area contributed by atoms with Crippen LogP contribution in [0.1, 0.15) is 43.5 Å². The van der Waals surface area contributed by atoms with Crippen LogP contribution in [0.25, 0.3) is 11.3 Å². The summed E-state index contributed by atoms with van der Waals surface area (Å²) < 4.78 is 11.7. The van der Waals surface area contributed by atoms with Crippen molar-refractivity contribution in [3.8, 4) is 17.1 Å². The van der Waals surface area contributed by atoms with Gasteiger partial charge in [-0.2, -0.15) is 0 Å². The third-order valence-electron chi connectivity index (χ3n) is 4.94. The number of aromatic nitrogens is 1. The first-order valence-electron chi connectivity index (χ1n) is 9.07. The minimum absolute atomic E-state index is 0.433. The van der Waals surface area contributed by atoms with E-state index in [-0.39, 0.29) is 0 Å². The van der Waals surface area contributed by atoms with Gasteiger partial charge in [0, 0.05) is 22.7 Å². The van der Waals surface area contributed by atoms with Crippen molar-refractivity contribution in [2.45, 2.75) is 53.0 Å². The number of ether oxygens (including phenoxy) is 1. The van der Waals surface area contributed by atoms with Crippen LogP contribution in [0, 0.1) is 13.8 Å². The molecule has 4 nitrogen and oxygen atoms in total. The van der Waals surface area contributed by atoms with Crippen LogP contribution in [0.15, 0.2) is 22.7 Å². The van der Waals surface area contributed by atoms with Gasteiger partial charge in [0.05, 0.1) is 5.69 Å². The molecule has 1 aliphatic heterocycles. The molecule has 1 aromatic heterocycles. The smallest absolute Gasteiger partial charge is 0.170 e. The number of fused-ring (bicyclic) bond motifs is 1. The molecule has 1 aromatic carbocycles. The van der Waals surface area contributed by atoms with Gasteiger partial charge in [-0.15, -0.1) is 0 Å². The highest BCUT2D eigenvalue weighted by Gasteiger charge is 2.28. The molecule has 0 saturated heterocycles. The molecule has 3 rings (SSSR count). The highest BCUT2D eigenvalue weighted by Crippen LogP contribution is 2.37. The highest BCUT2D eigenvalue weighted by molar-refractivity contribution is 5.69. The minimum atomic E-state index is 0.433. The first-order valence-corrected chi connectivity index (χ1v) is 9.07. The number of hydrogen-bond donors (Lipinski definition) is 0. The zero-order valence-electron chi connectivity index (χ0n) is 15.3. The lowest BCUT2D eigenvalue weighted by molar-refractivity contribution is 0.119. The highest BCUT2D eigenvalue weighted by atomic mass is 16.5. The van der Waals surface area contributed by atoms with E-state index in [0.29, 0.717) is 6.04 Å². The topological polar surface area (TPSA) is 38.5 Å². The predicted molar refractivity (Wildman–Crippen MR) is 96.6 cm³/mol. The second-order valence-electron chi connectivity index (χ2n) is 6.71. The lowest BCUT2D eigenvalue weighted by atomic mass is 9.93. The van der Waals surface area contributed by atoms with E-state index in [1.807, 2.05) is 13.0 Å². The number of benzene rings is 1. The van der Waals surface area contributed by atoms with Crippen molar-refractivity contribution in [3.05, 3.63) is 35.0 Å². The Kier molecular flexibility index (Phi) is 5.24. The SMILES string of the molecule is CCCN(CCC)C1COc2cccc(-c3onc(C)c3C)c2C1. The van der Waals surface area contributed by atoms with Gasteiger partial charge in [0.25, 0.3) is 0 Å². The van der Waals surface area contributed by atoms with Crippen molar-refractivity contribution < 1.29 is 9.26 Å². The van der Waals surface area contributed by atoms with Crippen molar-refractivity contribution in [2.75, 3.05) is 19.7 Å². The van der Waals surface area contributed by atoms with Gasteiger partial charge in [-0.25, -0.2) is 0 Å². The van der Waals surface area contributed by atoms with Gasteiger partial charge in [-0.1, -0.05) is 31.1 Å². The van der Waals surface area contributed by atoms with Crippen molar-refractivity contribution in [1.29, 1.82) is 0 Å². The van der Waals surface area contributed by atoms with Crippen molar-refractivity contribution in [3.63, 3.8) is 0 Å². The molecule has 0 spiro atoms. The molecule has 2 aromatic rings. The number of hydrogen-bond acceptors (Lipinski definition) is 4. The van der Waals surface area contributed by atoms with Crippen molar-refractivity contribution >= 4 is 0 Å². The molecule has 0 N–H and O–H groups in total. The van der Waals surface area contributed by atoms with Crippen molar-refractivity contribution in [2.24, 2.45) is 0 Å². The van der Waals surface area contributed by atoms with E-state index in [1.165, 1.54) is 18.4 Å². The van der Waals surface area contributed by atoms with Gasteiger partial charge in [-0.3, -0.25) is 4.90 Å². The Balaban J connectivity index is 1.94. The number of aryl methyl sites for hydroxylation is 1. The Bertz CT molecular complexity index is 687. The molecule has 0 fully saturated rings. The van der Waals surface area contributed by atoms with Crippen LogP contribution in [0.4, 0.5) is 0 Å². The summed E-state index contributed by atoms with van der Waals surface area (Å²) in [5.74, 6) is 1.87. The molecule has 0 radical (unpaired) electrons. The maximum absolute atomic E-state index is 6.11. The Hall–Kier alpha value is -1.81. The van der Waals surface area contributed by atoms with Crippen molar-refractivity contribution in [1.82, 2.24) is 10.1 Å². The van der Waals surface area contributed by atoms with Gasteiger partial charge < -0.3 is 9.26 Å². The summed E-state index contributed by atoms with van der Waals surface area (Å²) in [5.41, 5.74) is 4.45. The maximum Gasteiger partial charge on any atom is 0.170 e. The summed E-state index contributed by atoms with van der Waals surface area (Å²) in [7, 11) is 0. The maximum atomic E-state index is 6.11. The summed E-state index contributed by atoms with van der Waals surface area (Å²) in [6.45, 7) is 11.6. The second kappa shape index (κ2) is 7.39. The Morgan fingerprint density at radius 1 is 1.17 bits per heavy atom. The molecular weight excluding hydrogens is 300 g/mol. The molecule has 2 heterocycles. The molecule has 0 saturated carbocycles. The third-order valence-corrected chi connectivity index (χ3v) is 4.94. The quantitative estimate of drug-likeness (QED) is 0.788. The van der Waals surface area contributed by atoms with Crippen LogP contribution in [0.2, 0.25) is 0 Å². The molecule has 0 bridgehead atoms. The molecule has 130 valence electrons. The molecule has 24 heavy (non-hydrogen) atoms. The average molecular weight is 328 g/mol. The fourth-order valence-corrected chi connectivity index (χ4v) is 3.56. The minimum Gasteiger partial charge on any atom is -0.492 e. The molecule has 0 aliphatic carbocycles. The fraction of sp³-hybridized carbons (Fsp3) is 0.550. The average Bonchev–Trinajstić information content (AvgIpc) is 2.93. The molecular formula is C20H28N2O2. The molecule has 0 amide bonds. The number of nitrogens with zero attached hydrogens (tertiary/aromatic N) is 2. The van der Waals surface area contributed by atoms with Gasteiger partial charge in [0.1, 0.15) is 12.4 Å². The largest absolute Gasteiger partial charge is 0.492 e. The van der Waals surface area contributed by atoms with Crippen LogP contribution in [-0.2, 0) is 6.42 Å². The van der Waals surface area contributed by atoms with Gasteiger partial charge in [0.15, 0.2) is 5.76 Å². The standard InChI is InChI=1S/C20H28N2O2/c1-5-10-22(11-6-2)16-12-18-17(8-7-9-19(18)23-13-16)20-14(3)15(4)21-24-20/h7-9,16H,5-6,10-13H2,1-4H3. The van der Waals surface area contributed by atoms with E-state index >= 15 is 0 Å². The van der Waals surface area contributed by atoms with E-state index in [0.717, 1.165) is 54.4 Å². The normalized spacial score (nSPS) is 17.0. The second-order valence-corrected chi connectivity index (χ2v) is 6.71. The van der Waals surface area contributed by atoms with Crippen LogP contribution in [0.5, 0.6) is 5.75 Å². The van der Waals surface area contributed by atoms with Crippen LogP contribution >= 0.6 is 0 Å². The van der Waals surface area contributed by atoms with E-state index in [9.17, 15) is 0 Å². The van der Waals surface area contributed by atoms with E-state index in [2.05, 4.69) is 43.0 Å². The third kappa shape index (κ3) is 3.20. The first kappa shape index (κ1) is 17.0. The van der Waals surface area contributed by atoms with E-state index < -0.39 is 0 Å². The predicted octanol–water partition coefficient (Wildman–Crippen LogP) is 4.38. The Labute approximate surface area is 144 Å². The summed E-state index contributed by atoms with van der Waals surface area (Å²) in [6, 6.07) is 6.67. The zero-order valence-corrected chi connectivity index (χ0v) is 15.3. The summed E-state index contributed by atoms with van der Waals surface area (Å²) in [6.07, 6.45) is 3.35. The molecule has 4 heteroatoms. The van der Waals surface area contributed by atoms with Crippen LogP contribution in [0.3, 0.4) is 0 Å². The first-order chi connectivity index (χ1) is 11.7. The molecule has 1 unspecified atom stereocenters. The summed E-state index contributed by atoms with van der Waals surface area (Å²) >= 11 is 0. The fourth-order valence-electron chi connectivity index (χ4n) is 3.56. The molecule has 1 aliphatic rings. The van der Waals surface area contributed by atoms with Gasteiger partial charge >= 0.3 is 0 Å². The van der Waals surface area contributed by atoms with Crippen LogP contribution in [-0.4, -0.2) is 35.8 Å². The lowest BCUT2D eigenvalue weighted by Crippen LogP contribution is -2.44. The monoisotopic (exact) mass is 328 g/mol. The van der Waals surface area contributed by atoms with E-state index in [1.54, 1.807) is 0 Å². The Morgan fingerprint density at radius 3 is 2.54 bits per heavy atom. The molecule has 1 atom stereocenters. The summed E-state index contributed by atoms with van der Waals surface area (Å²) in [5, 5.41) is 4.13. The van der Waals surface area contributed by atoms with Gasteiger partial charge in [-0.05, 0) is 52.3 Å². The van der Waals surface area contributed by atoms with Gasteiger partial charge in [0.2, 0.25) is 0 Å². The Morgan fingerprint density at radius 2 is 1.92 bits per heavy atom. The zero-order chi connectivity index (χ0) is 17.1. The summed E-state index contributed by atoms with van der Waals surface area (Å²) in [4.78, 5) is 2.57.